The summed E-state index contributed by atoms with van der Waals surface area (Å²) >= 11 is 0. The van der Waals surface area contributed by atoms with Crippen molar-refractivity contribution in [1.29, 1.82) is 0 Å². The molecule has 154 valence electrons. The fourth-order valence-electron chi connectivity index (χ4n) is 3.14. The number of nitrogens with one attached hydrogen (secondary N) is 2. The van der Waals surface area contributed by atoms with Crippen molar-refractivity contribution in [3.63, 3.8) is 0 Å². The summed E-state index contributed by atoms with van der Waals surface area (Å²) in [4.78, 5) is 28.3. The number of hydrogen-bond acceptors (Lipinski definition) is 4. The van der Waals surface area contributed by atoms with Gasteiger partial charge in [-0.1, -0.05) is 18.2 Å². The van der Waals surface area contributed by atoms with E-state index in [4.69, 9.17) is 0 Å². The molecule has 0 bridgehead atoms. The van der Waals surface area contributed by atoms with Crippen molar-refractivity contribution in [2.45, 2.75) is 6.54 Å². The second kappa shape index (κ2) is 10.1. The van der Waals surface area contributed by atoms with Crippen molar-refractivity contribution < 1.29 is 18.4 Å². The second-order valence-electron chi connectivity index (χ2n) is 7.01. The minimum Gasteiger partial charge on any atom is -0.351 e. The molecular weight excluding hydrogens is 378 g/mol. The van der Waals surface area contributed by atoms with Gasteiger partial charge in [-0.15, -0.1) is 0 Å². The molecule has 29 heavy (non-hydrogen) atoms. The van der Waals surface area contributed by atoms with E-state index < -0.39 is 5.82 Å². The van der Waals surface area contributed by atoms with Crippen molar-refractivity contribution in [2.75, 3.05) is 44.6 Å². The fraction of sp³-hybridized carbons (Fsp3) is 0.333. The first-order valence-corrected chi connectivity index (χ1v) is 9.49. The summed E-state index contributed by atoms with van der Waals surface area (Å²) in [6.07, 6.45) is 0. The molecule has 2 aromatic carbocycles. The van der Waals surface area contributed by atoms with E-state index in [0.717, 1.165) is 5.56 Å². The van der Waals surface area contributed by atoms with Crippen LogP contribution in [-0.2, 0) is 16.1 Å². The standard InChI is InChI=1S/C21H24F2N4O2/c22-17-6-4-16(5-7-17)13-24-20(28)14-26-8-10-27(11-9-26)15-21(29)25-19-3-1-2-18(23)12-19/h1-7,12H,8-11,13-15H2,(H,24,28)(H,25,29). The van der Waals surface area contributed by atoms with Gasteiger partial charge in [0, 0.05) is 38.4 Å². The Morgan fingerprint density at radius 1 is 0.828 bits per heavy atom. The highest BCUT2D eigenvalue weighted by atomic mass is 19.1. The van der Waals surface area contributed by atoms with E-state index in [2.05, 4.69) is 10.6 Å². The largest absolute Gasteiger partial charge is 0.351 e. The Balaban J connectivity index is 1.34. The van der Waals surface area contributed by atoms with Crippen LogP contribution in [0.15, 0.2) is 48.5 Å². The molecule has 6 nitrogen and oxygen atoms in total. The Morgan fingerprint density at radius 2 is 1.45 bits per heavy atom. The van der Waals surface area contributed by atoms with E-state index >= 15 is 0 Å². The number of hydrogen-bond donors (Lipinski definition) is 2. The SMILES string of the molecule is O=C(CN1CCN(CC(=O)Nc2cccc(F)c2)CC1)NCc1ccc(F)cc1. The number of rotatable bonds is 7. The van der Waals surface area contributed by atoms with Crippen LogP contribution < -0.4 is 10.6 Å². The number of carbonyl (C=O) groups is 2. The minimum atomic E-state index is -0.394. The number of benzene rings is 2. The van der Waals surface area contributed by atoms with Gasteiger partial charge in [0.05, 0.1) is 13.1 Å². The first-order chi connectivity index (χ1) is 14.0. The quantitative estimate of drug-likeness (QED) is 0.742. The van der Waals surface area contributed by atoms with Crippen LogP contribution in [0.5, 0.6) is 0 Å². The summed E-state index contributed by atoms with van der Waals surface area (Å²) in [5.41, 5.74) is 1.28. The molecule has 0 spiro atoms. The molecule has 3 rings (SSSR count). The molecule has 0 radical (unpaired) electrons. The Labute approximate surface area is 168 Å². The fourth-order valence-corrected chi connectivity index (χ4v) is 3.14. The minimum absolute atomic E-state index is 0.0911. The van der Waals surface area contributed by atoms with Gasteiger partial charge in [-0.2, -0.15) is 0 Å². The maximum atomic E-state index is 13.2. The summed E-state index contributed by atoms with van der Waals surface area (Å²) in [7, 11) is 0. The highest BCUT2D eigenvalue weighted by Gasteiger charge is 2.20. The Kier molecular flexibility index (Phi) is 7.26. The van der Waals surface area contributed by atoms with Gasteiger partial charge in [-0.05, 0) is 35.9 Å². The van der Waals surface area contributed by atoms with Gasteiger partial charge in [0.2, 0.25) is 11.8 Å². The van der Waals surface area contributed by atoms with Crippen molar-refractivity contribution >= 4 is 17.5 Å². The lowest BCUT2D eigenvalue weighted by Gasteiger charge is -2.33. The Bertz CT molecular complexity index is 837. The van der Waals surface area contributed by atoms with Crippen LogP contribution in [0, 0.1) is 11.6 Å². The van der Waals surface area contributed by atoms with Crippen molar-refractivity contribution in [2.24, 2.45) is 0 Å². The van der Waals surface area contributed by atoms with Gasteiger partial charge in [0.25, 0.3) is 0 Å². The van der Waals surface area contributed by atoms with Gasteiger partial charge >= 0.3 is 0 Å². The normalized spacial score (nSPS) is 15.1. The average Bonchev–Trinajstić information content (AvgIpc) is 2.69. The zero-order chi connectivity index (χ0) is 20.6. The molecule has 0 atom stereocenters. The topological polar surface area (TPSA) is 64.7 Å². The zero-order valence-corrected chi connectivity index (χ0v) is 16.0. The Hall–Kier alpha value is -2.84. The monoisotopic (exact) mass is 402 g/mol. The number of amides is 2. The second-order valence-corrected chi connectivity index (χ2v) is 7.01. The molecule has 0 aromatic heterocycles. The summed E-state index contributed by atoms with van der Waals surface area (Å²) in [6, 6.07) is 11.8. The smallest absolute Gasteiger partial charge is 0.238 e. The van der Waals surface area contributed by atoms with Gasteiger partial charge in [-0.3, -0.25) is 19.4 Å². The number of anilines is 1. The number of halogens is 2. The molecule has 8 heteroatoms. The average molecular weight is 402 g/mol. The molecule has 0 saturated carbocycles. The predicted molar refractivity (Wildman–Crippen MR) is 106 cm³/mol. The number of carbonyl (C=O) groups excluding carboxylic acids is 2. The molecular formula is C21H24F2N4O2. The van der Waals surface area contributed by atoms with E-state index in [1.807, 2.05) is 9.80 Å². The lowest BCUT2D eigenvalue weighted by atomic mass is 10.2. The van der Waals surface area contributed by atoms with Gasteiger partial charge in [0.15, 0.2) is 0 Å². The molecule has 1 aliphatic rings. The lowest BCUT2D eigenvalue weighted by Crippen LogP contribution is -2.50. The van der Waals surface area contributed by atoms with E-state index in [0.29, 0.717) is 38.4 Å². The molecule has 0 aliphatic carbocycles. The molecule has 1 heterocycles. The van der Waals surface area contributed by atoms with E-state index in [1.54, 1.807) is 24.3 Å². The summed E-state index contributed by atoms with van der Waals surface area (Å²) < 4.78 is 26.1. The first kappa shape index (κ1) is 20.9. The highest BCUT2D eigenvalue weighted by Crippen LogP contribution is 2.09. The summed E-state index contributed by atoms with van der Waals surface area (Å²) in [5.74, 6) is -0.982. The predicted octanol–water partition coefficient (Wildman–Crippen LogP) is 1.84. The Morgan fingerprint density at radius 3 is 2.07 bits per heavy atom. The molecule has 2 aromatic rings. The molecule has 1 fully saturated rings. The number of piperazine rings is 1. The van der Waals surface area contributed by atoms with E-state index in [1.165, 1.54) is 24.3 Å². The van der Waals surface area contributed by atoms with Crippen LogP contribution in [0.1, 0.15) is 5.56 Å². The van der Waals surface area contributed by atoms with Gasteiger partial charge < -0.3 is 10.6 Å². The molecule has 2 amide bonds. The zero-order valence-electron chi connectivity index (χ0n) is 16.0. The van der Waals surface area contributed by atoms with Crippen molar-refractivity contribution in [3.8, 4) is 0 Å². The summed E-state index contributed by atoms with van der Waals surface area (Å²) in [6.45, 7) is 3.56. The van der Waals surface area contributed by atoms with E-state index in [-0.39, 0.29) is 30.7 Å². The van der Waals surface area contributed by atoms with Crippen LogP contribution in [0.25, 0.3) is 0 Å². The third kappa shape index (κ3) is 6.92. The van der Waals surface area contributed by atoms with Crippen LogP contribution in [-0.4, -0.2) is 60.9 Å². The first-order valence-electron chi connectivity index (χ1n) is 9.49. The third-order valence-electron chi connectivity index (χ3n) is 4.71. The third-order valence-corrected chi connectivity index (χ3v) is 4.71. The lowest BCUT2D eigenvalue weighted by molar-refractivity contribution is -0.123. The number of nitrogens with zero attached hydrogens (tertiary/aromatic N) is 2. The van der Waals surface area contributed by atoms with Gasteiger partial charge in [0.1, 0.15) is 11.6 Å². The summed E-state index contributed by atoms with van der Waals surface area (Å²) in [5, 5.41) is 5.52. The maximum absolute atomic E-state index is 13.2. The molecule has 1 aliphatic heterocycles. The van der Waals surface area contributed by atoms with Crippen LogP contribution in [0.2, 0.25) is 0 Å². The van der Waals surface area contributed by atoms with Gasteiger partial charge in [-0.25, -0.2) is 8.78 Å². The highest BCUT2D eigenvalue weighted by molar-refractivity contribution is 5.92. The van der Waals surface area contributed by atoms with Crippen LogP contribution in [0.3, 0.4) is 0 Å². The van der Waals surface area contributed by atoms with Crippen molar-refractivity contribution in [3.05, 3.63) is 65.7 Å². The molecule has 1 saturated heterocycles. The van der Waals surface area contributed by atoms with Crippen LogP contribution >= 0.6 is 0 Å². The molecule has 0 unspecified atom stereocenters. The van der Waals surface area contributed by atoms with Crippen molar-refractivity contribution in [1.82, 2.24) is 15.1 Å². The molecule has 2 N–H and O–H groups in total. The van der Waals surface area contributed by atoms with Crippen LogP contribution in [0.4, 0.5) is 14.5 Å². The van der Waals surface area contributed by atoms with E-state index in [9.17, 15) is 18.4 Å². The maximum Gasteiger partial charge on any atom is 0.238 e.